The SMILES string of the molecule is O=S(=O)(NCc1ccc(-n2ccnc2)c(F)c1)c1cccc(C(F)(F)F)c1. The molecule has 3 aromatic rings. The third-order valence-electron chi connectivity index (χ3n) is 3.73. The Morgan fingerprint density at radius 1 is 1.11 bits per heavy atom. The minimum absolute atomic E-state index is 0.233. The van der Waals surface area contributed by atoms with Gasteiger partial charge in [-0.25, -0.2) is 22.5 Å². The van der Waals surface area contributed by atoms with E-state index in [1.807, 2.05) is 0 Å². The fraction of sp³-hybridized carbons (Fsp3) is 0.118. The zero-order valence-electron chi connectivity index (χ0n) is 13.6. The molecule has 10 heteroatoms. The Morgan fingerprint density at radius 2 is 1.89 bits per heavy atom. The van der Waals surface area contributed by atoms with Gasteiger partial charge in [-0.15, -0.1) is 0 Å². The minimum atomic E-state index is -4.65. The van der Waals surface area contributed by atoms with E-state index < -0.39 is 32.5 Å². The highest BCUT2D eigenvalue weighted by Crippen LogP contribution is 2.30. The third-order valence-corrected chi connectivity index (χ3v) is 5.13. The summed E-state index contributed by atoms with van der Waals surface area (Å²) in [5.41, 5.74) is -0.523. The van der Waals surface area contributed by atoms with Crippen LogP contribution in [0.15, 0.2) is 66.1 Å². The molecule has 27 heavy (non-hydrogen) atoms. The van der Waals surface area contributed by atoms with Crippen molar-refractivity contribution in [3.8, 4) is 5.69 Å². The normalized spacial score (nSPS) is 12.3. The molecule has 0 aliphatic rings. The van der Waals surface area contributed by atoms with Gasteiger partial charge in [0.25, 0.3) is 0 Å². The summed E-state index contributed by atoms with van der Waals surface area (Å²) in [5, 5.41) is 0. The standard InChI is InChI=1S/C17H13F4N3O2S/c18-15-8-12(4-5-16(15)24-7-6-22-11-24)10-23-27(25,26)14-3-1-2-13(9-14)17(19,20)21/h1-9,11,23H,10H2. The van der Waals surface area contributed by atoms with E-state index in [2.05, 4.69) is 9.71 Å². The summed E-state index contributed by atoms with van der Waals surface area (Å²) in [7, 11) is -4.20. The lowest BCUT2D eigenvalue weighted by Gasteiger charge is -2.11. The van der Waals surface area contributed by atoms with Gasteiger partial charge in [-0.1, -0.05) is 12.1 Å². The largest absolute Gasteiger partial charge is 0.416 e. The number of benzene rings is 2. The number of sulfonamides is 1. The Morgan fingerprint density at radius 3 is 2.52 bits per heavy atom. The van der Waals surface area contributed by atoms with Crippen molar-refractivity contribution in [2.75, 3.05) is 0 Å². The van der Waals surface area contributed by atoms with Crippen LogP contribution in [-0.2, 0) is 22.7 Å². The van der Waals surface area contributed by atoms with Crippen LogP contribution < -0.4 is 4.72 Å². The molecule has 1 N–H and O–H groups in total. The van der Waals surface area contributed by atoms with E-state index in [1.54, 1.807) is 6.20 Å². The van der Waals surface area contributed by atoms with Crippen molar-refractivity contribution in [3.05, 3.63) is 78.1 Å². The number of rotatable bonds is 5. The van der Waals surface area contributed by atoms with Crippen LogP contribution in [0.25, 0.3) is 5.69 Å². The minimum Gasteiger partial charge on any atom is -0.303 e. The van der Waals surface area contributed by atoms with E-state index in [0.29, 0.717) is 11.6 Å². The molecule has 0 atom stereocenters. The highest BCUT2D eigenvalue weighted by molar-refractivity contribution is 7.89. The first-order chi connectivity index (χ1) is 12.7. The molecule has 0 unspecified atom stereocenters. The van der Waals surface area contributed by atoms with Gasteiger partial charge in [0, 0.05) is 18.9 Å². The van der Waals surface area contributed by atoms with Crippen molar-refractivity contribution in [1.82, 2.24) is 14.3 Å². The fourth-order valence-corrected chi connectivity index (χ4v) is 3.44. The quantitative estimate of drug-likeness (QED) is 0.668. The van der Waals surface area contributed by atoms with E-state index in [9.17, 15) is 26.0 Å². The van der Waals surface area contributed by atoms with Crippen LogP contribution in [-0.4, -0.2) is 18.0 Å². The lowest BCUT2D eigenvalue weighted by Crippen LogP contribution is -2.23. The Hall–Kier alpha value is -2.72. The molecule has 0 bridgehead atoms. The van der Waals surface area contributed by atoms with Crippen LogP contribution in [0.3, 0.4) is 0 Å². The number of alkyl halides is 3. The highest BCUT2D eigenvalue weighted by Gasteiger charge is 2.31. The van der Waals surface area contributed by atoms with Crippen LogP contribution >= 0.6 is 0 Å². The molecule has 0 spiro atoms. The summed E-state index contributed by atoms with van der Waals surface area (Å²) in [4.78, 5) is 3.29. The molecule has 0 aliphatic carbocycles. The van der Waals surface area contributed by atoms with Crippen LogP contribution in [0.5, 0.6) is 0 Å². The lowest BCUT2D eigenvalue weighted by atomic mass is 10.2. The zero-order valence-corrected chi connectivity index (χ0v) is 14.4. The molecule has 0 amide bonds. The van der Waals surface area contributed by atoms with Crippen molar-refractivity contribution in [3.63, 3.8) is 0 Å². The topological polar surface area (TPSA) is 64.0 Å². The predicted octanol–water partition coefficient (Wildman–Crippen LogP) is 3.51. The van der Waals surface area contributed by atoms with Gasteiger partial charge in [0.1, 0.15) is 5.82 Å². The van der Waals surface area contributed by atoms with Gasteiger partial charge in [0.15, 0.2) is 0 Å². The maximum atomic E-state index is 14.2. The number of halogens is 4. The van der Waals surface area contributed by atoms with E-state index in [1.165, 1.54) is 29.2 Å². The van der Waals surface area contributed by atoms with Crippen molar-refractivity contribution < 1.29 is 26.0 Å². The van der Waals surface area contributed by atoms with Gasteiger partial charge in [-0.2, -0.15) is 13.2 Å². The average molecular weight is 399 g/mol. The second-order valence-corrected chi connectivity index (χ2v) is 7.37. The molecule has 0 saturated carbocycles. The molecular formula is C17H13F4N3O2S. The maximum Gasteiger partial charge on any atom is 0.416 e. The first kappa shape index (κ1) is 19.1. The molecule has 0 radical (unpaired) electrons. The van der Waals surface area contributed by atoms with Crippen molar-refractivity contribution in [2.24, 2.45) is 0 Å². The van der Waals surface area contributed by atoms with Gasteiger partial charge < -0.3 is 4.57 Å². The van der Waals surface area contributed by atoms with Crippen LogP contribution in [0.4, 0.5) is 17.6 Å². The van der Waals surface area contributed by atoms with Crippen LogP contribution in [0.2, 0.25) is 0 Å². The van der Waals surface area contributed by atoms with E-state index in [4.69, 9.17) is 0 Å². The van der Waals surface area contributed by atoms with E-state index in [0.717, 1.165) is 24.3 Å². The fourth-order valence-electron chi connectivity index (χ4n) is 2.37. The predicted molar refractivity (Wildman–Crippen MR) is 89.0 cm³/mol. The number of nitrogens with one attached hydrogen (secondary N) is 1. The molecule has 3 rings (SSSR count). The van der Waals surface area contributed by atoms with Crippen LogP contribution in [0, 0.1) is 5.82 Å². The number of aromatic nitrogens is 2. The first-order valence-corrected chi connectivity index (χ1v) is 9.09. The molecular weight excluding hydrogens is 386 g/mol. The van der Waals surface area contributed by atoms with E-state index in [-0.39, 0.29) is 12.2 Å². The van der Waals surface area contributed by atoms with E-state index >= 15 is 0 Å². The lowest BCUT2D eigenvalue weighted by molar-refractivity contribution is -0.137. The maximum absolute atomic E-state index is 14.2. The molecule has 0 fully saturated rings. The number of nitrogens with zero attached hydrogens (tertiary/aromatic N) is 2. The molecule has 0 aliphatic heterocycles. The monoisotopic (exact) mass is 399 g/mol. The number of imidazole rings is 1. The van der Waals surface area contributed by atoms with Crippen molar-refractivity contribution >= 4 is 10.0 Å². The smallest absolute Gasteiger partial charge is 0.303 e. The molecule has 1 heterocycles. The molecule has 5 nitrogen and oxygen atoms in total. The first-order valence-electron chi connectivity index (χ1n) is 7.60. The molecule has 0 saturated heterocycles. The molecule has 1 aromatic heterocycles. The Labute approximate surface area is 152 Å². The molecule has 2 aromatic carbocycles. The second kappa shape index (κ2) is 7.12. The molecule has 142 valence electrons. The van der Waals surface area contributed by atoms with Gasteiger partial charge in [-0.3, -0.25) is 0 Å². The Balaban J connectivity index is 1.77. The van der Waals surface area contributed by atoms with Gasteiger partial charge >= 0.3 is 6.18 Å². The van der Waals surface area contributed by atoms with Crippen molar-refractivity contribution in [2.45, 2.75) is 17.6 Å². The van der Waals surface area contributed by atoms with Crippen LogP contribution in [0.1, 0.15) is 11.1 Å². The Kier molecular flexibility index (Phi) is 5.03. The number of hydrogen-bond donors (Lipinski definition) is 1. The Bertz CT molecular complexity index is 1050. The third kappa shape index (κ3) is 4.34. The zero-order chi connectivity index (χ0) is 19.7. The summed E-state index contributed by atoms with van der Waals surface area (Å²) in [6, 6.07) is 7.49. The summed E-state index contributed by atoms with van der Waals surface area (Å²) >= 11 is 0. The number of hydrogen-bond acceptors (Lipinski definition) is 3. The van der Waals surface area contributed by atoms with Gasteiger partial charge in [0.2, 0.25) is 10.0 Å². The summed E-state index contributed by atoms with van der Waals surface area (Å²) in [6.45, 7) is -0.278. The van der Waals surface area contributed by atoms with Gasteiger partial charge in [-0.05, 0) is 35.9 Å². The van der Waals surface area contributed by atoms with Crippen molar-refractivity contribution in [1.29, 1.82) is 0 Å². The average Bonchev–Trinajstić information content (AvgIpc) is 3.14. The van der Waals surface area contributed by atoms with Gasteiger partial charge in [0.05, 0.1) is 22.5 Å². The second-order valence-electron chi connectivity index (χ2n) is 5.61. The summed E-state index contributed by atoms with van der Waals surface area (Å²) in [6.07, 6.45) is -0.211. The summed E-state index contributed by atoms with van der Waals surface area (Å²) in [5.74, 6) is -0.594. The highest BCUT2D eigenvalue weighted by atomic mass is 32.2. The summed E-state index contributed by atoms with van der Waals surface area (Å²) < 4.78 is 80.5.